The fraction of sp³-hybridized carbons (Fsp3) is 0.174. The second-order valence-electron chi connectivity index (χ2n) is 7.41. The molecule has 32 heavy (non-hydrogen) atoms. The predicted molar refractivity (Wildman–Crippen MR) is 117 cm³/mol. The number of nitrogens with one attached hydrogen (secondary N) is 1. The third-order valence-corrected chi connectivity index (χ3v) is 4.72. The van der Waals surface area contributed by atoms with Crippen LogP contribution in [0.2, 0.25) is 0 Å². The summed E-state index contributed by atoms with van der Waals surface area (Å²) >= 11 is 0. The van der Waals surface area contributed by atoms with E-state index in [-0.39, 0.29) is 17.4 Å². The number of halogens is 1. The number of aryl methyl sites for hydroxylation is 1. The minimum atomic E-state index is -0.658. The Morgan fingerprint density at radius 3 is 2.78 bits per heavy atom. The lowest BCUT2D eigenvalue weighted by molar-refractivity contribution is 0.102. The van der Waals surface area contributed by atoms with Crippen molar-refractivity contribution in [1.82, 2.24) is 24.7 Å². The average molecular weight is 432 g/mol. The molecule has 4 aromatic rings. The minimum Gasteiger partial charge on any atom is -0.455 e. The molecule has 8 nitrogen and oxygen atoms in total. The highest BCUT2D eigenvalue weighted by Gasteiger charge is 2.18. The lowest BCUT2D eigenvalue weighted by atomic mass is 10.1. The molecule has 0 aliphatic heterocycles. The molecule has 0 fully saturated rings. The molecule has 3 aromatic heterocycles. The van der Waals surface area contributed by atoms with E-state index in [2.05, 4.69) is 25.5 Å². The molecule has 162 valence electrons. The molecule has 0 spiro atoms. The fourth-order valence-electron chi connectivity index (χ4n) is 3.09. The second kappa shape index (κ2) is 8.93. The number of pyridine rings is 2. The van der Waals surface area contributed by atoms with E-state index in [1.165, 1.54) is 18.3 Å². The highest BCUT2D eigenvalue weighted by molar-refractivity contribution is 6.04. The topological polar surface area (TPSA) is 94.8 Å². The molecule has 0 unspecified atom stereocenters. The first kappa shape index (κ1) is 21.1. The lowest BCUT2D eigenvalue weighted by Gasteiger charge is -2.12. The van der Waals surface area contributed by atoms with E-state index in [9.17, 15) is 9.18 Å². The van der Waals surface area contributed by atoms with Crippen LogP contribution < -0.4 is 10.1 Å². The largest absolute Gasteiger partial charge is 0.455 e. The van der Waals surface area contributed by atoms with Crippen molar-refractivity contribution in [3.8, 4) is 23.0 Å². The van der Waals surface area contributed by atoms with Crippen LogP contribution in [-0.2, 0) is 0 Å². The van der Waals surface area contributed by atoms with Gasteiger partial charge in [0.05, 0.1) is 11.8 Å². The Morgan fingerprint density at radius 2 is 2.03 bits per heavy atom. The molecule has 0 saturated carbocycles. The Labute approximate surface area is 184 Å². The van der Waals surface area contributed by atoms with Crippen LogP contribution in [0.1, 0.15) is 35.8 Å². The number of hydrogen-bond donors (Lipinski definition) is 1. The van der Waals surface area contributed by atoms with E-state index in [4.69, 9.17) is 4.74 Å². The summed E-state index contributed by atoms with van der Waals surface area (Å²) in [7, 11) is 0. The van der Waals surface area contributed by atoms with Crippen LogP contribution in [0, 0.1) is 12.7 Å². The number of nitrogens with zero attached hydrogens (tertiary/aromatic N) is 5. The molecule has 1 aromatic carbocycles. The zero-order chi connectivity index (χ0) is 22.7. The van der Waals surface area contributed by atoms with Crippen LogP contribution >= 0.6 is 0 Å². The first-order valence-corrected chi connectivity index (χ1v) is 9.98. The van der Waals surface area contributed by atoms with Crippen LogP contribution in [0.25, 0.3) is 11.5 Å². The van der Waals surface area contributed by atoms with Crippen molar-refractivity contribution in [3.05, 3.63) is 78.1 Å². The summed E-state index contributed by atoms with van der Waals surface area (Å²) in [6, 6.07) is 11.3. The molecule has 1 amide bonds. The maximum Gasteiger partial charge on any atom is 0.259 e. The van der Waals surface area contributed by atoms with Crippen LogP contribution in [-0.4, -0.2) is 30.6 Å². The van der Waals surface area contributed by atoms with Crippen LogP contribution in [0.4, 0.5) is 10.2 Å². The molecular formula is C23H21FN6O2. The highest BCUT2D eigenvalue weighted by atomic mass is 19.1. The smallest absolute Gasteiger partial charge is 0.259 e. The average Bonchev–Trinajstić information content (AvgIpc) is 3.27. The number of carbonyl (C=O) groups excluding carboxylic acids is 1. The van der Waals surface area contributed by atoms with E-state index in [0.717, 1.165) is 0 Å². The highest BCUT2D eigenvalue weighted by Crippen LogP contribution is 2.28. The number of aromatic nitrogens is 5. The van der Waals surface area contributed by atoms with Crippen molar-refractivity contribution < 1.29 is 13.9 Å². The molecule has 0 saturated heterocycles. The van der Waals surface area contributed by atoms with Gasteiger partial charge in [0.1, 0.15) is 35.2 Å². The Hall–Kier alpha value is -4.14. The standard InChI is InChI=1S/C23H21FN6O2/c1-14(2)30-13-26-29-22(30)19-7-4-8-21(27-19)28-23(31)17-11-20(15(3)10-18(17)24)32-16-6-5-9-25-12-16/h4-14H,1-3H3,(H,27,28,31). The first-order chi connectivity index (χ1) is 15.4. The number of ether oxygens (including phenoxy) is 1. The number of hydrogen-bond acceptors (Lipinski definition) is 6. The molecule has 0 bridgehead atoms. The number of benzene rings is 1. The number of rotatable bonds is 6. The zero-order valence-corrected chi connectivity index (χ0v) is 17.8. The van der Waals surface area contributed by atoms with Crippen molar-refractivity contribution in [2.24, 2.45) is 0 Å². The van der Waals surface area contributed by atoms with Crippen molar-refractivity contribution in [2.75, 3.05) is 5.32 Å². The minimum absolute atomic E-state index is 0.139. The fourth-order valence-corrected chi connectivity index (χ4v) is 3.09. The lowest BCUT2D eigenvalue weighted by Crippen LogP contribution is -2.15. The third kappa shape index (κ3) is 4.46. The van der Waals surface area contributed by atoms with Gasteiger partial charge in [-0.25, -0.2) is 9.37 Å². The molecule has 0 aliphatic rings. The molecular weight excluding hydrogens is 411 g/mol. The summed E-state index contributed by atoms with van der Waals surface area (Å²) in [5.41, 5.74) is 0.932. The van der Waals surface area contributed by atoms with E-state index in [0.29, 0.717) is 28.6 Å². The Kier molecular flexibility index (Phi) is 5.89. The van der Waals surface area contributed by atoms with Gasteiger partial charge in [0.25, 0.3) is 5.91 Å². The van der Waals surface area contributed by atoms with E-state index >= 15 is 0 Å². The Bertz CT molecular complexity index is 1260. The summed E-state index contributed by atoms with van der Waals surface area (Å²) in [4.78, 5) is 21.3. The Balaban J connectivity index is 1.59. The third-order valence-electron chi connectivity index (χ3n) is 4.72. The van der Waals surface area contributed by atoms with Gasteiger partial charge in [-0.1, -0.05) is 6.07 Å². The van der Waals surface area contributed by atoms with Gasteiger partial charge in [0, 0.05) is 12.2 Å². The summed E-state index contributed by atoms with van der Waals surface area (Å²) < 4.78 is 22.2. The van der Waals surface area contributed by atoms with Crippen molar-refractivity contribution in [1.29, 1.82) is 0 Å². The van der Waals surface area contributed by atoms with Gasteiger partial charge in [-0.05, 0) is 62.7 Å². The van der Waals surface area contributed by atoms with Gasteiger partial charge < -0.3 is 14.6 Å². The molecule has 4 rings (SSSR count). The summed E-state index contributed by atoms with van der Waals surface area (Å²) in [5, 5.41) is 10.7. The molecule has 1 N–H and O–H groups in total. The van der Waals surface area contributed by atoms with Crippen LogP contribution in [0.5, 0.6) is 11.5 Å². The summed E-state index contributed by atoms with van der Waals surface area (Å²) in [6.45, 7) is 5.71. The molecule has 0 atom stereocenters. The number of amides is 1. The second-order valence-corrected chi connectivity index (χ2v) is 7.41. The van der Waals surface area contributed by atoms with Gasteiger partial charge in [0.2, 0.25) is 0 Å². The maximum atomic E-state index is 14.6. The zero-order valence-electron chi connectivity index (χ0n) is 17.8. The van der Waals surface area contributed by atoms with E-state index in [1.807, 2.05) is 18.4 Å². The van der Waals surface area contributed by atoms with Gasteiger partial charge >= 0.3 is 0 Å². The predicted octanol–water partition coefficient (Wildman–Crippen LogP) is 4.81. The first-order valence-electron chi connectivity index (χ1n) is 9.98. The van der Waals surface area contributed by atoms with Gasteiger partial charge in [-0.2, -0.15) is 0 Å². The molecule has 3 heterocycles. The molecule has 9 heteroatoms. The summed E-state index contributed by atoms with van der Waals surface area (Å²) in [6.07, 6.45) is 4.78. The quantitative estimate of drug-likeness (QED) is 0.470. The maximum absolute atomic E-state index is 14.6. The van der Waals surface area contributed by atoms with Crippen molar-refractivity contribution >= 4 is 11.7 Å². The summed E-state index contributed by atoms with van der Waals surface area (Å²) in [5.74, 6) is 0.376. The van der Waals surface area contributed by atoms with Gasteiger partial charge in [-0.3, -0.25) is 9.78 Å². The number of anilines is 1. The molecule has 0 radical (unpaired) electrons. The van der Waals surface area contributed by atoms with Gasteiger partial charge in [0.15, 0.2) is 5.82 Å². The Morgan fingerprint density at radius 1 is 1.19 bits per heavy atom. The normalized spacial score (nSPS) is 10.9. The van der Waals surface area contributed by atoms with Crippen molar-refractivity contribution in [2.45, 2.75) is 26.8 Å². The number of carbonyl (C=O) groups is 1. The van der Waals surface area contributed by atoms with Gasteiger partial charge in [-0.15, -0.1) is 10.2 Å². The van der Waals surface area contributed by atoms with E-state index < -0.39 is 11.7 Å². The van der Waals surface area contributed by atoms with E-state index in [1.54, 1.807) is 49.8 Å². The van der Waals surface area contributed by atoms with Crippen LogP contribution in [0.15, 0.2) is 61.2 Å². The van der Waals surface area contributed by atoms with Crippen LogP contribution in [0.3, 0.4) is 0 Å². The molecule has 0 aliphatic carbocycles. The van der Waals surface area contributed by atoms with Crippen molar-refractivity contribution in [3.63, 3.8) is 0 Å². The monoisotopic (exact) mass is 432 g/mol. The SMILES string of the molecule is Cc1cc(F)c(C(=O)Nc2cccc(-c3nncn3C(C)C)n2)cc1Oc1cccnc1.